The Morgan fingerprint density at radius 3 is 1.62 bits per heavy atom. The molecule has 3 saturated heterocycles. The number of thioether (sulfide) groups is 1. The largest absolute Gasteiger partial charge is 0.508 e. The van der Waals surface area contributed by atoms with Gasteiger partial charge in [0, 0.05) is 102 Å². The lowest BCUT2D eigenvalue weighted by Crippen LogP contribution is -2.62. The van der Waals surface area contributed by atoms with Crippen molar-refractivity contribution in [3.63, 3.8) is 0 Å². The summed E-state index contributed by atoms with van der Waals surface area (Å²) in [6.07, 6.45) is -5.01. The van der Waals surface area contributed by atoms with Crippen molar-refractivity contribution in [1.29, 1.82) is 0 Å². The number of H-pyrrole nitrogens is 1. The molecule has 0 spiro atoms. The average Bonchev–Trinajstić information content (AvgIpc) is 1.75. The van der Waals surface area contributed by atoms with Crippen LogP contribution in [0.3, 0.4) is 0 Å². The van der Waals surface area contributed by atoms with Crippen molar-refractivity contribution in [3.05, 3.63) is 173 Å². The Morgan fingerprint density at radius 1 is 0.508 bits per heavy atom. The lowest BCUT2D eigenvalue weighted by atomic mass is 9.98. The topological polar surface area (TPSA) is 572 Å². The number of halogens is 2. The number of aromatic nitrogens is 1. The third-order valence-corrected chi connectivity index (χ3v) is 24.5. The van der Waals surface area contributed by atoms with Gasteiger partial charge >= 0.3 is 5.97 Å². The highest BCUT2D eigenvalue weighted by Gasteiger charge is 2.48. The first-order chi connectivity index (χ1) is 62.9. The van der Waals surface area contributed by atoms with Gasteiger partial charge in [0.2, 0.25) is 88.6 Å². The molecule has 6 aromatic rings. The monoisotopic (exact) mass is 1850 g/mol. The molecule has 41 heteroatoms. The summed E-state index contributed by atoms with van der Waals surface area (Å²) in [5, 5.41) is 67.5. The summed E-state index contributed by atoms with van der Waals surface area (Å²) in [7, 11) is 3.73. The van der Waals surface area contributed by atoms with E-state index in [1.54, 1.807) is 98.0 Å². The van der Waals surface area contributed by atoms with Gasteiger partial charge in [0.25, 0.3) is 0 Å². The number of carbonyl (C=O) groups is 16. The fraction of sp³-hybridized carbons (Fsp3) is 0.473. The number of unbranched alkanes of at least 4 members (excludes halogenated alkanes) is 1. The van der Waals surface area contributed by atoms with Crippen LogP contribution < -0.4 is 65.1 Å². The number of nitrogens with one attached hydrogen (secondary N) is 10. The molecule has 0 aliphatic carbocycles. The molecule has 712 valence electrons. The standard InChI is InChI=1S/C91H118F2N18O20S/c1-7-8-25-70-90(130)111-47-58(114)42-73(111)86(126)104-67(43-77(117)118)83(123)106-78(50(2)3)91(131)108(5)71(38-51-18-11-9-12-19-51)84(124)101-64(32-34-95)88(128)110-46-57(113)41-72(110)85(125)103-66(40-55-44-97-62-23-16-15-22-59(55)62)82(122)102-65(36-53-26-29-56(112)30-27-53)81(121)100-63(24-17-33-94)80(120)105-69(79(119)98-45-75(96)115)48-132-49-76(116)99-68(37-54-28-31-60(92)61(93)35-54)87(127)109(6)74(89(129)107(70)4)39-52-20-13-10-14-21-52/h9-16,18-23,26-31,35,44,50,57-58,63-74,78,97,112-114H,7-8,17,24-25,32-34,36-43,45-49,94-95H2,1-6H3,(H2,96,115)(H,98,119)(H,99,116)(H,100,121)(H,101,124)(H,102,122)(H,103,125)(H,104,126)(H,105,120)(H,106,123)(H,117,118)/t57-,58-,63+,64+,65+,66+,67+,68+,69+,70+,71+,72-,73-,74+,78+/m1/s1. The molecular formula is C91H118F2N18O20S. The second-order valence-electron chi connectivity index (χ2n) is 33.6. The number of amides is 15. The molecule has 38 nitrogen and oxygen atoms in total. The van der Waals surface area contributed by atoms with E-state index in [1.165, 1.54) is 59.3 Å². The zero-order valence-electron chi connectivity index (χ0n) is 74.2. The van der Waals surface area contributed by atoms with Crippen LogP contribution in [0.15, 0.2) is 134 Å². The van der Waals surface area contributed by atoms with E-state index in [0.717, 1.165) is 42.7 Å². The number of rotatable bonds is 24. The lowest BCUT2D eigenvalue weighted by Gasteiger charge is -2.38. The predicted octanol–water partition coefficient (Wildman–Crippen LogP) is -1.30. The number of primary amides is 1. The van der Waals surface area contributed by atoms with Crippen LogP contribution >= 0.6 is 11.8 Å². The molecule has 0 bridgehead atoms. The smallest absolute Gasteiger partial charge is 0.305 e. The maximum Gasteiger partial charge on any atom is 0.305 e. The highest BCUT2D eigenvalue weighted by atomic mass is 32.2. The van der Waals surface area contributed by atoms with Crippen molar-refractivity contribution in [1.82, 2.24) is 77.3 Å². The lowest BCUT2D eigenvalue weighted by molar-refractivity contribution is -0.152. The highest BCUT2D eigenvalue weighted by molar-refractivity contribution is 8.00. The molecule has 9 rings (SSSR count). The zero-order valence-corrected chi connectivity index (χ0v) is 75.1. The summed E-state index contributed by atoms with van der Waals surface area (Å²) in [6, 6.07) is 10.1. The number of hydrogen-bond donors (Lipinski definition) is 17. The first-order valence-electron chi connectivity index (χ1n) is 43.7. The fourth-order valence-electron chi connectivity index (χ4n) is 16.2. The molecule has 3 fully saturated rings. The SMILES string of the molecule is CCCC[C@H]1C(=O)N2C[C@H](O)C[C@@H]2C(=O)N[C@@H](CC(=O)O)C(=O)N[C@@H](C(C)C)C(=O)N(C)[C@@H](Cc2ccccc2)C(=O)N[C@@H](CCN)C(=O)N2C[C@H](O)C[C@@H]2C(=O)N[C@@H](Cc2c[nH]c3ccccc23)C(=O)N[C@@H](Cc2ccc(O)cc2)C(=O)N[C@@H](CCCN)C(=O)N[C@H](C(=O)NCC(N)=O)CSCC(=O)N[C@@H](Cc2ccc(F)c(F)c2)C(=O)N(C)[C@@H](Cc2ccccc2)C(=O)N1C. The molecule has 20 N–H and O–H groups in total. The maximum atomic E-state index is 15.7. The van der Waals surface area contributed by atoms with Gasteiger partial charge in [-0.1, -0.05) is 131 Å². The van der Waals surface area contributed by atoms with Gasteiger partial charge in [-0.3, -0.25) is 76.7 Å². The van der Waals surface area contributed by atoms with Gasteiger partial charge in [0.15, 0.2) is 11.6 Å². The van der Waals surface area contributed by atoms with Crippen molar-refractivity contribution >= 4 is 117 Å². The molecule has 0 radical (unpaired) electrons. The zero-order chi connectivity index (χ0) is 96.3. The number of carboxylic acid groups (broad SMARTS) is 1. The summed E-state index contributed by atoms with van der Waals surface area (Å²) in [6.45, 7) is 2.68. The number of nitrogens with zero attached hydrogens (tertiary/aromatic N) is 5. The first-order valence-corrected chi connectivity index (χ1v) is 44.8. The van der Waals surface area contributed by atoms with Gasteiger partial charge < -0.3 is 115 Å². The summed E-state index contributed by atoms with van der Waals surface area (Å²) >= 11 is 0.695. The van der Waals surface area contributed by atoms with Gasteiger partial charge in [0.1, 0.15) is 84.3 Å². The summed E-state index contributed by atoms with van der Waals surface area (Å²) in [5.74, 6) is -21.6. The minimum absolute atomic E-state index is 0.0319. The third kappa shape index (κ3) is 28.3. The second kappa shape index (κ2) is 48.8. The Kier molecular flexibility index (Phi) is 38.0. The molecule has 15 amide bonds. The first kappa shape index (κ1) is 103. The van der Waals surface area contributed by atoms with Crippen LogP contribution in [0.5, 0.6) is 5.75 Å². The number of likely N-dealkylation sites (N-methyl/N-ethyl adjacent to an activating group) is 3. The number of phenols is 1. The molecule has 4 heterocycles. The van der Waals surface area contributed by atoms with Crippen LogP contribution in [0.2, 0.25) is 0 Å². The normalized spacial score (nSPS) is 24.8. The molecule has 3 aliphatic heterocycles. The van der Waals surface area contributed by atoms with Gasteiger partial charge in [-0.05, 0) is 103 Å². The minimum atomic E-state index is -2.02. The van der Waals surface area contributed by atoms with Crippen molar-refractivity contribution in [2.24, 2.45) is 23.1 Å². The number of carboxylic acids is 1. The van der Waals surface area contributed by atoms with E-state index in [2.05, 4.69) is 52.8 Å². The molecule has 5 aromatic carbocycles. The second-order valence-corrected chi connectivity index (χ2v) is 34.6. The number of para-hydroxylation sites is 1. The Bertz CT molecular complexity index is 5100. The Hall–Kier alpha value is -13.0. The van der Waals surface area contributed by atoms with Crippen LogP contribution in [0.4, 0.5) is 8.78 Å². The molecule has 1 aromatic heterocycles. The molecule has 3 aliphatic rings. The number of aliphatic hydroxyl groups excluding tert-OH is 2. The van der Waals surface area contributed by atoms with Crippen molar-refractivity contribution < 1.29 is 106 Å². The summed E-state index contributed by atoms with van der Waals surface area (Å²) < 4.78 is 29.8. The van der Waals surface area contributed by atoms with E-state index >= 15 is 47.5 Å². The van der Waals surface area contributed by atoms with E-state index in [4.69, 9.17) is 17.2 Å². The fourth-order valence-corrected chi connectivity index (χ4v) is 17.1. The molecule has 132 heavy (non-hydrogen) atoms. The van der Waals surface area contributed by atoms with Crippen LogP contribution in [-0.2, 0) is 109 Å². The van der Waals surface area contributed by atoms with E-state index in [-0.39, 0.29) is 82.2 Å². The summed E-state index contributed by atoms with van der Waals surface area (Å²) in [5.41, 5.74) is 19.9. The van der Waals surface area contributed by atoms with Gasteiger partial charge in [-0.15, -0.1) is 11.8 Å². The quantitative estimate of drug-likeness (QED) is 0.0335. The summed E-state index contributed by atoms with van der Waals surface area (Å²) in [4.78, 5) is 245. The third-order valence-electron chi connectivity index (χ3n) is 23.5. The molecule has 0 saturated carbocycles. The van der Waals surface area contributed by atoms with E-state index in [1.807, 2.05) is 0 Å². The van der Waals surface area contributed by atoms with Crippen LogP contribution in [0.25, 0.3) is 10.9 Å². The van der Waals surface area contributed by atoms with Gasteiger partial charge in [-0.2, -0.15) is 0 Å². The number of fused-ring (bicyclic) bond motifs is 3. The average molecular weight is 1850 g/mol. The van der Waals surface area contributed by atoms with Crippen LogP contribution in [0.1, 0.15) is 106 Å². The Balaban J connectivity index is 1.13. The number of aliphatic carboxylic acids is 1. The Morgan fingerprint density at radius 2 is 1.03 bits per heavy atom. The number of hydrogen-bond acceptors (Lipinski definition) is 22. The number of nitrogens with two attached hydrogens (primary N) is 3. The number of aliphatic hydroxyl groups is 2. The maximum absolute atomic E-state index is 15.7. The van der Waals surface area contributed by atoms with Crippen LogP contribution in [0, 0.1) is 17.6 Å². The number of benzene rings is 5. The highest BCUT2D eigenvalue weighted by Crippen LogP contribution is 2.29. The number of aromatic hydroxyl groups is 1. The predicted molar refractivity (Wildman–Crippen MR) is 480 cm³/mol. The Labute approximate surface area is 765 Å². The molecule has 15 atom stereocenters. The number of phenolic OH excluding ortho intramolecular Hbond substituents is 1. The van der Waals surface area contributed by atoms with Crippen molar-refractivity contribution in [2.45, 2.75) is 201 Å². The van der Waals surface area contributed by atoms with Crippen molar-refractivity contribution in [3.8, 4) is 5.75 Å². The van der Waals surface area contributed by atoms with E-state index in [0.29, 0.717) is 51.3 Å². The van der Waals surface area contributed by atoms with Gasteiger partial charge in [0.05, 0.1) is 30.9 Å². The number of carbonyl (C=O) groups excluding carboxylic acids is 15. The molecular weight excluding hydrogens is 1740 g/mol. The number of aromatic amines is 1. The van der Waals surface area contributed by atoms with E-state index < -0.39 is 260 Å². The van der Waals surface area contributed by atoms with E-state index in [9.17, 15) is 58.4 Å². The van der Waals surface area contributed by atoms with Gasteiger partial charge in [-0.25, -0.2) is 8.78 Å². The minimum Gasteiger partial charge on any atom is -0.508 e. The van der Waals surface area contributed by atoms with Crippen LogP contribution in [-0.4, -0.2) is 301 Å². The molecule has 0 unspecified atom stereocenters. The van der Waals surface area contributed by atoms with Crippen molar-refractivity contribution in [2.75, 3.05) is 65.4 Å².